The molecule has 0 aliphatic carbocycles. The Morgan fingerprint density at radius 3 is 1.91 bits per heavy atom. The third kappa shape index (κ3) is 10.5. The van der Waals surface area contributed by atoms with Crippen LogP contribution in [-0.4, -0.2) is 80.2 Å². The summed E-state index contributed by atoms with van der Waals surface area (Å²) in [6.45, 7) is 1.23. The zero-order chi connectivity index (χ0) is 26.7. The van der Waals surface area contributed by atoms with Crippen molar-refractivity contribution in [3.8, 4) is 5.75 Å². The first-order valence-corrected chi connectivity index (χ1v) is 10.4. The van der Waals surface area contributed by atoms with Gasteiger partial charge in [-0.1, -0.05) is 12.1 Å². The number of phenols is 1. The summed E-state index contributed by atoms with van der Waals surface area (Å²) in [5.41, 5.74) is 5.91. The first kappa shape index (κ1) is 28.8. The summed E-state index contributed by atoms with van der Waals surface area (Å²) in [6, 6.07) is 0.0178. The summed E-state index contributed by atoms with van der Waals surface area (Å²) in [5.74, 6) is -6.81. The van der Waals surface area contributed by atoms with E-state index in [2.05, 4.69) is 16.0 Å². The topological polar surface area (TPSA) is 245 Å². The monoisotopic (exact) mass is 496 g/mol. The van der Waals surface area contributed by atoms with Gasteiger partial charge in [0.15, 0.2) is 0 Å². The summed E-state index contributed by atoms with van der Waals surface area (Å²) in [7, 11) is 0. The van der Waals surface area contributed by atoms with Gasteiger partial charge in [0.05, 0.1) is 12.5 Å². The highest BCUT2D eigenvalue weighted by Crippen LogP contribution is 2.12. The molecule has 0 saturated carbocycles. The Morgan fingerprint density at radius 1 is 0.829 bits per heavy atom. The maximum Gasteiger partial charge on any atom is 0.326 e. The highest BCUT2D eigenvalue weighted by Gasteiger charge is 2.29. The second-order valence-electron chi connectivity index (χ2n) is 7.70. The van der Waals surface area contributed by atoms with E-state index in [4.69, 9.17) is 15.9 Å². The fourth-order valence-electron chi connectivity index (χ4n) is 2.84. The Labute approximate surface area is 199 Å². The number of phenolic OH excluding ortho intramolecular Hbond substituents is 1. The van der Waals surface area contributed by atoms with Crippen LogP contribution in [0.15, 0.2) is 24.3 Å². The van der Waals surface area contributed by atoms with Gasteiger partial charge in [-0.05, 0) is 31.0 Å². The van der Waals surface area contributed by atoms with Crippen LogP contribution in [0.3, 0.4) is 0 Å². The lowest BCUT2D eigenvalue weighted by Gasteiger charge is -2.23. The van der Waals surface area contributed by atoms with Crippen LogP contribution in [0, 0.1) is 0 Å². The van der Waals surface area contributed by atoms with Gasteiger partial charge in [0.2, 0.25) is 17.7 Å². The number of carbonyl (C=O) groups excluding carboxylic acids is 3. The smallest absolute Gasteiger partial charge is 0.326 e. The number of rotatable bonds is 14. The van der Waals surface area contributed by atoms with E-state index in [1.54, 1.807) is 0 Å². The van der Waals surface area contributed by atoms with Gasteiger partial charge in [-0.15, -0.1) is 0 Å². The summed E-state index contributed by atoms with van der Waals surface area (Å²) in [4.78, 5) is 70.4. The summed E-state index contributed by atoms with van der Waals surface area (Å²) in [5, 5.41) is 43.2. The van der Waals surface area contributed by atoms with Gasteiger partial charge in [-0.25, -0.2) is 4.79 Å². The molecule has 1 aromatic rings. The normalized spacial score (nSPS) is 14.0. The molecule has 0 fully saturated rings. The van der Waals surface area contributed by atoms with Crippen molar-refractivity contribution < 1.29 is 49.2 Å². The van der Waals surface area contributed by atoms with Crippen molar-refractivity contribution >= 4 is 35.6 Å². The predicted octanol–water partition coefficient (Wildman–Crippen LogP) is -1.84. The van der Waals surface area contributed by atoms with E-state index >= 15 is 0 Å². The second kappa shape index (κ2) is 13.5. The molecule has 35 heavy (non-hydrogen) atoms. The molecule has 9 N–H and O–H groups in total. The fraction of sp³-hybridized carbons (Fsp3) is 0.429. The Hall–Kier alpha value is -4.20. The minimum atomic E-state index is -1.45. The molecule has 192 valence electrons. The molecule has 0 saturated heterocycles. The van der Waals surface area contributed by atoms with Crippen molar-refractivity contribution in [2.24, 2.45) is 5.73 Å². The first-order valence-electron chi connectivity index (χ1n) is 10.4. The maximum absolute atomic E-state index is 12.7. The Balaban J connectivity index is 2.89. The minimum Gasteiger partial charge on any atom is -0.508 e. The number of benzene rings is 1. The van der Waals surface area contributed by atoms with E-state index in [1.165, 1.54) is 31.2 Å². The number of nitrogens with two attached hydrogens (primary N) is 1. The van der Waals surface area contributed by atoms with Crippen LogP contribution in [0.1, 0.15) is 31.7 Å². The van der Waals surface area contributed by atoms with Crippen molar-refractivity contribution in [3.05, 3.63) is 29.8 Å². The predicted molar refractivity (Wildman–Crippen MR) is 118 cm³/mol. The molecule has 14 heteroatoms. The van der Waals surface area contributed by atoms with Crippen LogP contribution in [-0.2, 0) is 35.2 Å². The highest BCUT2D eigenvalue weighted by atomic mass is 16.4. The van der Waals surface area contributed by atoms with Gasteiger partial charge in [0, 0.05) is 12.8 Å². The molecule has 1 rings (SSSR count). The quantitative estimate of drug-likeness (QED) is 0.142. The van der Waals surface area contributed by atoms with Gasteiger partial charge in [-0.3, -0.25) is 24.0 Å². The Morgan fingerprint density at radius 2 is 1.40 bits per heavy atom. The molecule has 0 radical (unpaired) electrons. The second-order valence-corrected chi connectivity index (χ2v) is 7.70. The minimum absolute atomic E-state index is 0.0359. The third-order valence-corrected chi connectivity index (χ3v) is 4.75. The molecule has 0 aromatic heterocycles. The number of aromatic hydroxyl groups is 1. The number of hydrogen-bond acceptors (Lipinski definition) is 8. The number of carbonyl (C=O) groups is 6. The Kier molecular flexibility index (Phi) is 11.1. The average Bonchev–Trinajstić information content (AvgIpc) is 2.76. The number of aliphatic carboxylic acids is 3. The fourth-order valence-corrected chi connectivity index (χ4v) is 2.84. The van der Waals surface area contributed by atoms with E-state index < -0.39 is 72.6 Å². The van der Waals surface area contributed by atoms with E-state index in [0.717, 1.165) is 0 Å². The number of nitrogens with one attached hydrogen (secondary N) is 3. The SMILES string of the molecule is CC(NC(=O)C(N)CC(=O)O)C(=O)NC(CCC(=O)O)C(=O)NC(Cc1ccc(O)cc1)C(=O)O. The van der Waals surface area contributed by atoms with Crippen LogP contribution >= 0.6 is 0 Å². The van der Waals surface area contributed by atoms with Crippen molar-refractivity contribution in [2.75, 3.05) is 0 Å². The van der Waals surface area contributed by atoms with E-state index in [9.17, 15) is 39.0 Å². The Bertz CT molecular complexity index is 950. The maximum atomic E-state index is 12.7. The van der Waals surface area contributed by atoms with Crippen molar-refractivity contribution in [3.63, 3.8) is 0 Å². The molecular weight excluding hydrogens is 468 g/mol. The molecule has 1 aromatic carbocycles. The van der Waals surface area contributed by atoms with Crippen molar-refractivity contribution in [1.29, 1.82) is 0 Å². The van der Waals surface area contributed by atoms with Gasteiger partial charge in [-0.2, -0.15) is 0 Å². The lowest BCUT2D eigenvalue weighted by molar-refractivity contribution is -0.143. The van der Waals surface area contributed by atoms with Crippen molar-refractivity contribution in [1.82, 2.24) is 16.0 Å². The highest BCUT2D eigenvalue weighted by molar-refractivity contribution is 5.94. The van der Waals surface area contributed by atoms with Gasteiger partial charge < -0.3 is 42.1 Å². The third-order valence-electron chi connectivity index (χ3n) is 4.75. The number of amides is 3. The zero-order valence-electron chi connectivity index (χ0n) is 18.8. The summed E-state index contributed by atoms with van der Waals surface area (Å²) >= 11 is 0. The van der Waals surface area contributed by atoms with Crippen LogP contribution < -0.4 is 21.7 Å². The lowest BCUT2D eigenvalue weighted by Crippen LogP contribution is -2.56. The number of carboxylic acid groups (broad SMARTS) is 3. The first-order chi connectivity index (χ1) is 16.3. The largest absolute Gasteiger partial charge is 0.508 e. The van der Waals surface area contributed by atoms with E-state index in [0.29, 0.717) is 5.56 Å². The zero-order valence-corrected chi connectivity index (χ0v) is 18.8. The van der Waals surface area contributed by atoms with Crippen LogP contribution in [0.2, 0.25) is 0 Å². The molecule has 0 bridgehead atoms. The summed E-state index contributed by atoms with van der Waals surface area (Å²) in [6.07, 6.45) is -1.74. The van der Waals surface area contributed by atoms with Gasteiger partial charge in [0.1, 0.15) is 23.9 Å². The molecule has 0 aliphatic heterocycles. The average molecular weight is 496 g/mol. The molecule has 14 nitrogen and oxygen atoms in total. The van der Waals surface area contributed by atoms with Crippen LogP contribution in [0.5, 0.6) is 5.75 Å². The molecule has 0 heterocycles. The van der Waals surface area contributed by atoms with Gasteiger partial charge >= 0.3 is 17.9 Å². The van der Waals surface area contributed by atoms with Crippen LogP contribution in [0.4, 0.5) is 0 Å². The van der Waals surface area contributed by atoms with E-state index in [-0.39, 0.29) is 18.6 Å². The molecule has 4 unspecified atom stereocenters. The molecule has 3 amide bonds. The lowest BCUT2D eigenvalue weighted by atomic mass is 10.0. The van der Waals surface area contributed by atoms with Crippen LogP contribution in [0.25, 0.3) is 0 Å². The summed E-state index contributed by atoms with van der Waals surface area (Å²) < 4.78 is 0. The number of hydrogen-bond donors (Lipinski definition) is 8. The van der Waals surface area contributed by atoms with Crippen molar-refractivity contribution in [2.45, 2.75) is 56.8 Å². The molecule has 4 atom stereocenters. The molecular formula is C21H28N4O10. The molecule has 0 aliphatic rings. The standard InChI is InChI=1S/C21H28N4O10/c1-10(23-19(32)13(22)9-17(29)30)18(31)24-14(6-7-16(27)28)20(33)25-15(21(34)35)8-11-2-4-12(26)5-3-11/h2-5,10,13-15,26H,6-9,22H2,1H3,(H,23,32)(H,24,31)(H,25,33)(H,27,28)(H,29,30)(H,34,35). The number of carboxylic acids is 3. The van der Waals surface area contributed by atoms with Gasteiger partial charge in [0.25, 0.3) is 0 Å². The molecule has 0 spiro atoms. The van der Waals surface area contributed by atoms with E-state index in [1.807, 2.05) is 0 Å².